The van der Waals surface area contributed by atoms with Gasteiger partial charge in [-0.1, -0.05) is 0 Å². The third-order valence-electron chi connectivity index (χ3n) is 2.55. The molecular weight excluding hydrogens is 208 g/mol. The van der Waals surface area contributed by atoms with E-state index in [0.29, 0.717) is 11.4 Å². The summed E-state index contributed by atoms with van der Waals surface area (Å²) in [6, 6.07) is -0.177. The first-order valence-electron chi connectivity index (χ1n) is 5.12. The molecule has 86 valence electrons. The van der Waals surface area contributed by atoms with Crippen LogP contribution in [-0.4, -0.2) is 40.1 Å². The van der Waals surface area contributed by atoms with Gasteiger partial charge in [0, 0.05) is 13.1 Å². The fourth-order valence-electron chi connectivity index (χ4n) is 1.69. The number of hydrogen-bond donors (Lipinski definition) is 4. The van der Waals surface area contributed by atoms with Crippen molar-refractivity contribution in [1.82, 2.24) is 15.1 Å². The smallest absolute Gasteiger partial charge is 0.323 e. The number of amides is 2. The highest BCUT2D eigenvalue weighted by molar-refractivity contribution is 6.02. The second kappa shape index (κ2) is 4.21. The second-order valence-corrected chi connectivity index (χ2v) is 3.70. The summed E-state index contributed by atoms with van der Waals surface area (Å²) in [7, 11) is 0. The van der Waals surface area contributed by atoms with Gasteiger partial charge in [-0.25, -0.2) is 4.79 Å². The zero-order valence-corrected chi connectivity index (χ0v) is 8.79. The van der Waals surface area contributed by atoms with E-state index in [-0.39, 0.29) is 11.9 Å². The van der Waals surface area contributed by atoms with Crippen LogP contribution >= 0.6 is 0 Å². The summed E-state index contributed by atoms with van der Waals surface area (Å²) < 4.78 is 0. The molecule has 1 aromatic heterocycles. The van der Waals surface area contributed by atoms with Gasteiger partial charge < -0.3 is 10.6 Å². The minimum atomic E-state index is -0.177. The third kappa shape index (κ3) is 1.97. The standard InChI is InChI=1S/C9H14N6O/c10-7(11)6-5-12-14-8(6)13-9(16)15-3-1-2-4-15/h5H,1-4H2,(H3,10,11)(H2,12,13,14,16). The van der Waals surface area contributed by atoms with Crippen molar-refractivity contribution in [3.8, 4) is 0 Å². The van der Waals surface area contributed by atoms with Gasteiger partial charge >= 0.3 is 6.03 Å². The number of nitrogen functional groups attached to an aromatic ring is 1. The molecule has 1 saturated heterocycles. The van der Waals surface area contributed by atoms with Crippen LogP contribution in [0.15, 0.2) is 6.20 Å². The Bertz CT molecular complexity index is 406. The Morgan fingerprint density at radius 1 is 1.56 bits per heavy atom. The van der Waals surface area contributed by atoms with E-state index >= 15 is 0 Å². The van der Waals surface area contributed by atoms with Crippen LogP contribution in [0.4, 0.5) is 10.6 Å². The number of carbonyl (C=O) groups is 1. The van der Waals surface area contributed by atoms with Crippen LogP contribution in [0.5, 0.6) is 0 Å². The number of amidine groups is 1. The zero-order chi connectivity index (χ0) is 11.5. The molecule has 0 saturated carbocycles. The molecule has 16 heavy (non-hydrogen) atoms. The van der Waals surface area contributed by atoms with Gasteiger partial charge in [-0.15, -0.1) is 0 Å². The number of aromatic amines is 1. The van der Waals surface area contributed by atoms with E-state index in [2.05, 4.69) is 15.5 Å². The molecule has 0 bridgehead atoms. The molecule has 0 atom stereocenters. The van der Waals surface area contributed by atoms with Gasteiger partial charge in [0.1, 0.15) is 11.7 Å². The van der Waals surface area contributed by atoms with E-state index in [0.717, 1.165) is 25.9 Å². The monoisotopic (exact) mass is 222 g/mol. The molecule has 5 N–H and O–H groups in total. The van der Waals surface area contributed by atoms with Crippen LogP contribution in [-0.2, 0) is 0 Å². The minimum Gasteiger partial charge on any atom is -0.384 e. The number of nitrogens with zero attached hydrogens (tertiary/aromatic N) is 2. The van der Waals surface area contributed by atoms with Gasteiger partial charge in [-0.05, 0) is 12.8 Å². The molecule has 1 aliphatic heterocycles. The molecule has 1 aliphatic rings. The Morgan fingerprint density at radius 3 is 2.88 bits per heavy atom. The van der Waals surface area contributed by atoms with Gasteiger partial charge in [0.15, 0.2) is 0 Å². The molecule has 0 radical (unpaired) electrons. The summed E-state index contributed by atoms with van der Waals surface area (Å²) in [6.45, 7) is 1.55. The average Bonchev–Trinajstić information content (AvgIpc) is 2.86. The van der Waals surface area contributed by atoms with Crippen LogP contribution < -0.4 is 11.1 Å². The van der Waals surface area contributed by atoms with E-state index in [9.17, 15) is 4.79 Å². The number of H-pyrrole nitrogens is 1. The van der Waals surface area contributed by atoms with Crippen molar-refractivity contribution in [2.45, 2.75) is 12.8 Å². The number of aromatic nitrogens is 2. The summed E-state index contributed by atoms with van der Waals surface area (Å²) in [5, 5.41) is 16.3. The van der Waals surface area contributed by atoms with Crippen LogP contribution in [0.2, 0.25) is 0 Å². The lowest BCUT2D eigenvalue weighted by molar-refractivity contribution is 0.222. The lowest BCUT2D eigenvalue weighted by Gasteiger charge is -2.15. The lowest BCUT2D eigenvalue weighted by Crippen LogP contribution is -2.32. The number of carbonyl (C=O) groups excluding carboxylic acids is 1. The largest absolute Gasteiger partial charge is 0.384 e. The highest BCUT2D eigenvalue weighted by Gasteiger charge is 2.19. The van der Waals surface area contributed by atoms with Gasteiger partial charge in [0.2, 0.25) is 0 Å². The van der Waals surface area contributed by atoms with Crippen molar-refractivity contribution in [2.24, 2.45) is 5.73 Å². The van der Waals surface area contributed by atoms with Crippen molar-refractivity contribution in [3.05, 3.63) is 11.8 Å². The van der Waals surface area contributed by atoms with Crippen molar-refractivity contribution < 1.29 is 4.79 Å². The number of rotatable bonds is 2. The Morgan fingerprint density at radius 2 is 2.25 bits per heavy atom. The van der Waals surface area contributed by atoms with E-state index in [1.807, 2.05) is 0 Å². The molecule has 0 unspecified atom stereocenters. The first kappa shape index (κ1) is 10.5. The van der Waals surface area contributed by atoms with Gasteiger partial charge in [0.25, 0.3) is 0 Å². The van der Waals surface area contributed by atoms with Crippen molar-refractivity contribution in [3.63, 3.8) is 0 Å². The Balaban J connectivity index is 2.05. The van der Waals surface area contributed by atoms with Gasteiger partial charge in [-0.3, -0.25) is 15.8 Å². The highest BCUT2D eigenvalue weighted by Crippen LogP contribution is 2.13. The molecule has 0 aromatic carbocycles. The quantitative estimate of drug-likeness (QED) is 0.427. The van der Waals surface area contributed by atoms with Gasteiger partial charge in [-0.2, -0.15) is 5.10 Å². The van der Waals surface area contributed by atoms with Crippen LogP contribution in [0.25, 0.3) is 0 Å². The molecular formula is C9H14N6O. The van der Waals surface area contributed by atoms with Crippen molar-refractivity contribution in [2.75, 3.05) is 18.4 Å². The van der Waals surface area contributed by atoms with E-state index < -0.39 is 0 Å². The molecule has 1 fully saturated rings. The average molecular weight is 222 g/mol. The highest BCUT2D eigenvalue weighted by atomic mass is 16.2. The number of hydrogen-bond acceptors (Lipinski definition) is 3. The fourth-order valence-corrected chi connectivity index (χ4v) is 1.69. The second-order valence-electron chi connectivity index (χ2n) is 3.70. The number of anilines is 1. The van der Waals surface area contributed by atoms with Crippen LogP contribution in [0.3, 0.4) is 0 Å². The topological polar surface area (TPSA) is 111 Å². The third-order valence-corrected chi connectivity index (χ3v) is 2.55. The summed E-state index contributed by atoms with van der Waals surface area (Å²) in [4.78, 5) is 13.5. The Kier molecular flexibility index (Phi) is 2.76. The molecule has 2 rings (SSSR count). The number of urea groups is 1. The SMILES string of the molecule is N=C(N)c1cn[nH]c1NC(=O)N1CCCC1. The number of likely N-dealkylation sites (tertiary alicyclic amines) is 1. The van der Waals surface area contributed by atoms with Crippen LogP contribution in [0, 0.1) is 5.41 Å². The maximum atomic E-state index is 11.7. The Hall–Kier alpha value is -2.05. The molecule has 2 amide bonds. The predicted molar refractivity (Wildman–Crippen MR) is 59.4 cm³/mol. The molecule has 7 nitrogen and oxygen atoms in total. The molecule has 7 heteroatoms. The maximum Gasteiger partial charge on any atom is 0.323 e. The van der Waals surface area contributed by atoms with Gasteiger partial charge in [0.05, 0.1) is 11.8 Å². The van der Waals surface area contributed by atoms with E-state index in [1.165, 1.54) is 6.20 Å². The zero-order valence-electron chi connectivity index (χ0n) is 8.79. The first-order chi connectivity index (χ1) is 7.68. The molecule has 0 spiro atoms. The normalized spacial score (nSPS) is 15.1. The van der Waals surface area contributed by atoms with Crippen molar-refractivity contribution in [1.29, 1.82) is 5.41 Å². The summed E-state index contributed by atoms with van der Waals surface area (Å²) in [6.07, 6.45) is 3.49. The van der Waals surface area contributed by atoms with E-state index in [4.69, 9.17) is 11.1 Å². The summed E-state index contributed by atoms with van der Waals surface area (Å²) in [5.41, 5.74) is 5.76. The van der Waals surface area contributed by atoms with Crippen LogP contribution in [0.1, 0.15) is 18.4 Å². The van der Waals surface area contributed by atoms with Crippen molar-refractivity contribution >= 4 is 17.7 Å². The summed E-state index contributed by atoms with van der Waals surface area (Å²) >= 11 is 0. The Labute approximate surface area is 92.5 Å². The number of nitrogens with one attached hydrogen (secondary N) is 3. The fraction of sp³-hybridized carbons (Fsp3) is 0.444. The predicted octanol–water partition coefficient (Wildman–Crippen LogP) is 0.321. The summed E-state index contributed by atoms with van der Waals surface area (Å²) in [5.74, 6) is 0.259. The van der Waals surface area contributed by atoms with E-state index in [1.54, 1.807) is 4.90 Å². The first-order valence-corrected chi connectivity index (χ1v) is 5.12. The molecule has 2 heterocycles. The minimum absolute atomic E-state index is 0.120. The number of nitrogens with two attached hydrogens (primary N) is 1. The maximum absolute atomic E-state index is 11.7. The lowest BCUT2D eigenvalue weighted by atomic mass is 10.3. The molecule has 0 aliphatic carbocycles. The molecule has 1 aromatic rings.